The molecular formula is C37H40F2N6O4S. The zero-order chi connectivity index (χ0) is 35.5. The van der Waals surface area contributed by atoms with Crippen LogP contribution in [-0.4, -0.2) is 58.3 Å². The zero-order valence-electron chi connectivity index (χ0n) is 28.2. The fourth-order valence-corrected chi connectivity index (χ4v) is 7.97. The van der Waals surface area contributed by atoms with E-state index >= 15 is 8.78 Å². The predicted octanol–water partition coefficient (Wildman–Crippen LogP) is 7.68. The molecule has 13 heteroatoms. The molecule has 3 heterocycles. The lowest BCUT2D eigenvalue weighted by atomic mass is 9.90. The van der Waals surface area contributed by atoms with E-state index in [2.05, 4.69) is 39.0 Å². The second-order valence-corrected chi connectivity index (χ2v) is 13.6. The van der Waals surface area contributed by atoms with Crippen LogP contribution in [0.1, 0.15) is 61.0 Å². The highest BCUT2D eigenvalue weighted by Crippen LogP contribution is 2.51. The largest absolute Gasteiger partial charge is 0.393 e. The van der Waals surface area contributed by atoms with E-state index < -0.39 is 29.8 Å². The standard InChI is InChI=1S/C37H40F2N6O4S/c1-22(32-10-5-6-19-40-32)43(3)20-29-33-23(2)45(26-15-17-27(46)18-16-26)37(48)44(21-28-30(38)8-7-9-31(28)39)35(33)50-34(29)24-11-13-25(14-12-24)41-36(47)42-49-4/h5-14,19,22,26-27,46H,2,15-18,20-21H2,1,3-4H3,(H2,41,42,47). The maximum atomic E-state index is 15.1. The van der Waals surface area contributed by atoms with E-state index in [1.165, 1.54) is 41.5 Å². The molecule has 262 valence electrons. The maximum absolute atomic E-state index is 15.1. The van der Waals surface area contributed by atoms with Gasteiger partial charge in [0.15, 0.2) is 0 Å². The summed E-state index contributed by atoms with van der Waals surface area (Å²) in [5.74, 6) is -1.48. The molecule has 50 heavy (non-hydrogen) atoms. The molecular weight excluding hydrogens is 663 g/mol. The Balaban J connectivity index is 1.49. The van der Waals surface area contributed by atoms with Crippen LogP contribution in [0.4, 0.5) is 29.1 Å². The van der Waals surface area contributed by atoms with Gasteiger partial charge in [-0.05, 0) is 87.2 Å². The molecule has 0 bridgehead atoms. The van der Waals surface area contributed by atoms with Gasteiger partial charge >= 0.3 is 12.1 Å². The lowest BCUT2D eigenvalue weighted by Crippen LogP contribution is -2.51. The van der Waals surface area contributed by atoms with Crippen molar-refractivity contribution in [2.75, 3.05) is 24.4 Å². The van der Waals surface area contributed by atoms with Gasteiger partial charge < -0.3 is 10.4 Å². The van der Waals surface area contributed by atoms with E-state index in [1.807, 2.05) is 37.4 Å². The quantitative estimate of drug-likeness (QED) is 0.146. The first kappa shape index (κ1) is 35.1. The Labute approximate surface area is 293 Å². The molecule has 1 unspecified atom stereocenters. The van der Waals surface area contributed by atoms with Crippen LogP contribution in [0.25, 0.3) is 16.1 Å². The number of aliphatic hydroxyl groups excluding tert-OH is 1. The molecule has 2 aromatic heterocycles. The highest BCUT2D eigenvalue weighted by Gasteiger charge is 2.42. The molecule has 0 saturated heterocycles. The number of pyridine rings is 1. The average Bonchev–Trinajstić information content (AvgIpc) is 3.48. The molecule has 10 nitrogen and oxygen atoms in total. The van der Waals surface area contributed by atoms with Crippen LogP contribution < -0.4 is 15.7 Å². The molecule has 6 rings (SSSR count). The van der Waals surface area contributed by atoms with E-state index in [0.29, 0.717) is 48.6 Å². The SMILES string of the molecule is C=C1c2c(sc(-c3ccc(NC(=O)NOC)cc3)c2CN(C)C(C)c2ccccn2)N(Cc2c(F)cccc2F)C(=O)N1C1CCC(O)CC1. The van der Waals surface area contributed by atoms with Crippen molar-refractivity contribution in [1.29, 1.82) is 0 Å². The van der Waals surface area contributed by atoms with Gasteiger partial charge in [-0.3, -0.25) is 24.5 Å². The van der Waals surface area contributed by atoms with E-state index in [1.54, 1.807) is 23.2 Å². The molecule has 1 fully saturated rings. The smallest absolute Gasteiger partial charge is 0.343 e. The minimum Gasteiger partial charge on any atom is -0.393 e. The minimum atomic E-state index is -0.738. The number of thiophene rings is 1. The van der Waals surface area contributed by atoms with Crippen LogP contribution in [-0.2, 0) is 17.9 Å². The van der Waals surface area contributed by atoms with Crippen LogP contribution in [0, 0.1) is 11.6 Å². The molecule has 3 N–H and O–H groups in total. The van der Waals surface area contributed by atoms with Crippen LogP contribution in [0.2, 0.25) is 0 Å². The Morgan fingerprint density at radius 3 is 2.42 bits per heavy atom. The lowest BCUT2D eigenvalue weighted by Gasteiger charge is -2.43. The Morgan fingerprint density at radius 2 is 1.78 bits per heavy atom. The molecule has 1 atom stereocenters. The maximum Gasteiger partial charge on any atom is 0.343 e. The van der Waals surface area contributed by atoms with Gasteiger partial charge in [0.2, 0.25) is 0 Å². The number of hydroxylamine groups is 1. The lowest BCUT2D eigenvalue weighted by molar-refractivity contribution is 0.0996. The third kappa shape index (κ3) is 7.13. The normalized spacial score (nSPS) is 18.3. The number of amides is 4. The van der Waals surface area contributed by atoms with E-state index in [4.69, 9.17) is 0 Å². The number of halogens is 2. The van der Waals surface area contributed by atoms with Gasteiger partial charge in [-0.15, -0.1) is 11.3 Å². The van der Waals surface area contributed by atoms with Gasteiger partial charge in [-0.2, -0.15) is 0 Å². The first-order valence-corrected chi connectivity index (χ1v) is 17.3. The molecule has 1 saturated carbocycles. The van der Waals surface area contributed by atoms with E-state index in [9.17, 15) is 14.7 Å². The molecule has 2 aromatic carbocycles. The summed E-state index contributed by atoms with van der Waals surface area (Å²) in [5, 5.41) is 13.5. The topological polar surface area (TPSA) is 110 Å². The number of carbonyl (C=O) groups is 2. The summed E-state index contributed by atoms with van der Waals surface area (Å²) >= 11 is 1.36. The van der Waals surface area contributed by atoms with Crippen LogP contribution in [0.15, 0.2) is 73.4 Å². The van der Waals surface area contributed by atoms with Crippen molar-refractivity contribution in [2.45, 2.75) is 63.9 Å². The molecule has 1 aliphatic carbocycles. The molecule has 2 aliphatic rings. The number of nitrogens with one attached hydrogen (secondary N) is 2. The van der Waals surface area contributed by atoms with Crippen molar-refractivity contribution in [3.8, 4) is 10.4 Å². The summed E-state index contributed by atoms with van der Waals surface area (Å²) in [6.45, 7) is 6.66. The molecule has 4 aromatic rings. The summed E-state index contributed by atoms with van der Waals surface area (Å²) in [5.41, 5.74) is 6.40. The first-order valence-electron chi connectivity index (χ1n) is 16.5. The van der Waals surface area contributed by atoms with Crippen molar-refractivity contribution in [3.05, 3.63) is 107 Å². The Bertz CT molecular complexity index is 1840. The van der Waals surface area contributed by atoms with Crippen molar-refractivity contribution >= 4 is 39.8 Å². The number of carbonyl (C=O) groups excluding carboxylic acids is 2. The highest BCUT2D eigenvalue weighted by molar-refractivity contribution is 7.20. The van der Waals surface area contributed by atoms with Gasteiger partial charge in [-0.25, -0.2) is 23.9 Å². The minimum absolute atomic E-state index is 0.0801. The first-order chi connectivity index (χ1) is 24.1. The number of hydrogen-bond donors (Lipinski definition) is 3. The highest BCUT2D eigenvalue weighted by atomic mass is 32.1. The fraction of sp³-hybridized carbons (Fsp3) is 0.324. The summed E-state index contributed by atoms with van der Waals surface area (Å²) in [6.07, 6.45) is 3.51. The summed E-state index contributed by atoms with van der Waals surface area (Å²) in [4.78, 5) is 41.9. The number of benzene rings is 2. The molecule has 0 spiro atoms. The Morgan fingerprint density at radius 1 is 1.08 bits per heavy atom. The Hall–Kier alpha value is -4.69. The summed E-state index contributed by atoms with van der Waals surface area (Å²) in [6, 6.07) is 15.5. The van der Waals surface area contributed by atoms with E-state index in [0.717, 1.165) is 27.3 Å². The number of aromatic nitrogens is 1. The third-order valence-corrected chi connectivity index (χ3v) is 10.7. The van der Waals surface area contributed by atoms with Gasteiger partial charge in [0.1, 0.15) is 16.6 Å². The molecule has 4 amide bonds. The number of rotatable bonds is 10. The van der Waals surface area contributed by atoms with Gasteiger partial charge in [0.25, 0.3) is 0 Å². The third-order valence-electron chi connectivity index (χ3n) is 9.44. The van der Waals surface area contributed by atoms with Gasteiger partial charge in [0, 0.05) is 52.2 Å². The van der Waals surface area contributed by atoms with E-state index in [-0.39, 0.29) is 24.2 Å². The monoisotopic (exact) mass is 702 g/mol. The van der Waals surface area contributed by atoms with Crippen molar-refractivity contribution in [3.63, 3.8) is 0 Å². The fourth-order valence-electron chi connectivity index (χ4n) is 6.64. The summed E-state index contributed by atoms with van der Waals surface area (Å²) < 4.78 is 30.3. The second-order valence-electron chi connectivity index (χ2n) is 12.6. The number of hydrogen-bond acceptors (Lipinski definition) is 7. The number of nitrogens with zero attached hydrogens (tertiary/aromatic N) is 4. The number of fused-ring (bicyclic) bond motifs is 1. The van der Waals surface area contributed by atoms with Gasteiger partial charge in [0.05, 0.1) is 25.5 Å². The van der Waals surface area contributed by atoms with Crippen molar-refractivity contribution in [2.24, 2.45) is 0 Å². The van der Waals surface area contributed by atoms with Crippen LogP contribution >= 0.6 is 11.3 Å². The Kier molecular flexibility index (Phi) is 10.6. The number of aliphatic hydroxyl groups is 1. The van der Waals surface area contributed by atoms with Crippen LogP contribution in [0.3, 0.4) is 0 Å². The zero-order valence-corrected chi connectivity index (χ0v) is 29.0. The van der Waals surface area contributed by atoms with Gasteiger partial charge in [-0.1, -0.05) is 30.8 Å². The van der Waals surface area contributed by atoms with Crippen molar-refractivity contribution in [1.82, 2.24) is 20.3 Å². The predicted molar refractivity (Wildman–Crippen MR) is 190 cm³/mol. The molecule has 0 radical (unpaired) electrons. The second kappa shape index (κ2) is 15.1. The average molecular weight is 703 g/mol. The van der Waals surface area contributed by atoms with Crippen molar-refractivity contribution < 1.29 is 28.3 Å². The molecule has 1 aliphatic heterocycles. The number of urea groups is 2. The number of anilines is 2. The van der Waals surface area contributed by atoms with Crippen LogP contribution in [0.5, 0.6) is 0 Å². The summed E-state index contributed by atoms with van der Waals surface area (Å²) in [7, 11) is 3.34.